The van der Waals surface area contributed by atoms with Crippen LogP contribution in [0.3, 0.4) is 0 Å². The molecular weight excluding hydrogens is 347 g/mol. The van der Waals surface area contributed by atoms with Crippen LogP contribution in [-0.2, 0) is 0 Å². The van der Waals surface area contributed by atoms with Gasteiger partial charge in [-0.3, -0.25) is 4.98 Å². The summed E-state index contributed by atoms with van der Waals surface area (Å²) in [6, 6.07) is 8.07. The van der Waals surface area contributed by atoms with Crippen molar-refractivity contribution in [2.24, 2.45) is 0 Å². The zero-order valence-corrected chi connectivity index (χ0v) is 11.9. The predicted octanol–water partition coefficient (Wildman–Crippen LogP) is 5.63. The predicted molar refractivity (Wildman–Crippen MR) is 71.5 cm³/mol. The second-order valence-corrected chi connectivity index (χ2v) is 5.59. The van der Waals surface area contributed by atoms with Gasteiger partial charge >= 0.3 is 17.4 Å². The van der Waals surface area contributed by atoms with Gasteiger partial charge in [0, 0.05) is 22.9 Å². The van der Waals surface area contributed by atoms with E-state index in [9.17, 15) is 30.7 Å². The SMILES string of the molecule is FC(F)(F)C(F)(F)C(F)(F)Sc1ccccc1-c1cccnc1. The number of nitrogens with zero attached hydrogens (tertiary/aromatic N) is 1. The van der Waals surface area contributed by atoms with Gasteiger partial charge in [-0.1, -0.05) is 24.3 Å². The lowest BCUT2D eigenvalue weighted by atomic mass is 10.1. The molecule has 1 aromatic carbocycles. The van der Waals surface area contributed by atoms with Gasteiger partial charge in [0.1, 0.15) is 0 Å². The van der Waals surface area contributed by atoms with E-state index in [1.54, 1.807) is 0 Å². The number of pyridine rings is 1. The quantitative estimate of drug-likeness (QED) is 0.521. The first-order valence-electron chi connectivity index (χ1n) is 6.07. The molecule has 23 heavy (non-hydrogen) atoms. The van der Waals surface area contributed by atoms with Gasteiger partial charge in [-0.05, 0) is 29.5 Å². The summed E-state index contributed by atoms with van der Waals surface area (Å²) < 4.78 is 89.8. The Morgan fingerprint density at radius 3 is 2.04 bits per heavy atom. The van der Waals surface area contributed by atoms with Crippen molar-refractivity contribution >= 4 is 11.8 Å². The van der Waals surface area contributed by atoms with E-state index in [1.165, 1.54) is 42.7 Å². The Kier molecular flexibility index (Phi) is 4.61. The standard InChI is InChI=1S/C14H8F7NS/c15-12(16,13(17,18)19)14(20,21)23-11-6-2-1-5-10(11)9-4-3-7-22-8-9/h1-8H. The van der Waals surface area contributed by atoms with Crippen molar-refractivity contribution in [2.75, 3.05) is 0 Å². The molecule has 0 aliphatic heterocycles. The summed E-state index contributed by atoms with van der Waals surface area (Å²) in [4.78, 5) is 3.35. The van der Waals surface area contributed by atoms with Crippen LogP contribution in [0.1, 0.15) is 0 Å². The average Bonchev–Trinajstić information content (AvgIpc) is 2.47. The summed E-state index contributed by atoms with van der Waals surface area (Å²) in [5.74, 6) is -6.16. The molecule has 0 radical (unpaired) electrons. The number of hydrogen-bond donors (Lipinski definition) is 0. The molecule has 0 spiro atoms. The second-order valence-electron chi connectivity index (χ2n) is 4.43. The molecule has 1 heterocycles. The molecule has 0 unspecified atom stereocenters. The molecule has 2 rings (SSSR count). The molecule has 0 aliphatic rings. The molecule has 0 N–H and O–H groups in total. The molecular formula is C14H8F7NS. The number of hydrogen-bond acceptors (Lipinski definition) is 2. The molecule has 0 bridgehead atoms. The van der Waals surface area contributed by atoms with Crippen molar-refractivity contribution in [1.29, 1.82) is 0 Å². The van der Waals surface area contributed by atoms with Gasteiger partial charge in [0.25, 0.3) is 0 Å². The Morgan fingerprint density at radius 1 is 0.826 bits per heavy atom. The topological polar surface area (TPSA) is 12.9 Å². The fraction of sp³-hybridized carbons (Fsp3) is 0.214. The van der Waals surface area contributed by atoms with E-state index < -0.39 is 34.0 Å². The summed E-state index contributed by atoms with van der Waals surface area (Å²) in [6.07, 6.45) is -3.65. The number of thioether (sulfide) groups is 1. The van der Waals surface area contributed by atoms with Gasteiger partial charge in [-0.2, -0.15) is 30.7 Å². The van der Waals surface area contributed by atoms with Crippen LogP contribution in [0.5, 0.6) is 0 Å². The van der Waals surface area contributed by atoms with Gasteiger partial charge in [0.15, 0.2) is 0 Å². The Hall–Kier alpha value is -1.77. The van der Waals surface area contributed by atoms with Crippen molar-refractivity contribution in [3.05, 3.63) is 48.8 Å². The first-order valence-corrected chi connectivity index (χ1v) is 6.89. The second kappa shape index (κ2) is 6.03. The highest BCUT2D eigenvalue weighted by molar-refractivity contribution is 8.00. The molecule has 2 aromatic rings. The van der Waals surface area contributed by atoms with Gasteiger partial charge in [-0.15, -0.1) is 0 Å². The third kappa shape index (κ3) is 3.44. The number of benzene rings is 1. The minimum atomic E-state index is -6.35. The summed E-state index contributed by atoms with van der Waals surface area (Å²) in [6.45, 7) is 0. The van der Waals surface area contributed by atoms with E-state index in [-0.39, 0.29) is 5.56 Å². The van der Waals surface area contributed by atoms with Crippen molar-refractivity contribution in [1.82, 2.24) is 4.98 Å². The average molecular weight is 355 g/mol. The van der Waals surface area contributed by atoms with Crippen LogP contribution in [0.15, 0.2) is 53.7 Å². The molecule has 0 saturated carbocycles. The van der Waals surface area contributed by atoms with E-state index in [1.807, 2.05) is 0 Å². The number of rotatable bonds is 4. The molecule has 9 heteroatoms. The summed E-state index contributed by atoms with van der Waals surface area (Å²) in [5.41, 5.74) is 0.407. The van der Waals surface area contributed by atoms with Crippen LogP contribution >= 0.6 is 11.8 Å². The highest BCUT2D eigenvalue weighted by Gasteiger charge is 2.73. The summed E-state index contributed by atoms with van der Waals surface area (Å²) in [7, 11) is 0. The van der Waals surface area contributed by atoms with Crippen LogP contribution in [0.25, 0.3) is 11.1 Å². The minimum Gasteiger partial charge on any atom is -0.264 e. The molecule has 0 atom stereocenters. The van der Waals surface area contributed by atoms with Crippen molar-refractivity contribution in [3.8, 4) is 11.1 Å². The van der Waals surface area contributed by atoms with Crippen LogP contribution in [0, 0.1) is 0 Å². The molecule has 0 aliphatic carbocycles. The van der Waals surface area contributed by atoms with Gasteiger partial charge in [0.05, 0.1) is 0 Å². The third-order valence-corrected chi connectivity index (χ3v) is 3.91. The lowest BCUT2D eigenvalue weighted by Crippen LogP contribution is -2.49. The Labute approximate surface area is 130 Å². The maximum atomic E-state index is 13.6. The molecule has 124 valence electrons. The Balaban J connectivity index is 2.42. The maximum absolute atomic E-state index is 13.6. The van der Waals surface area contributed by atoms with E-state index in [0.717, 1.165) is 6.07 Å². The van der Waals surface area contributed by atoms with E-state index in [2.05, 4.69) is 4.98 Å². The van der Waals surface area contributed by atoms with Crippen LogP contribution in [0.4, 0.5) is 30.7 Å². The number of alkyl halides is 7. The minimum absolute atomic E-state index is 0.0863. The molecule has 1 nitrogen and oxygen atoms in total. The first-order chi connectivity index (χ1) is 10.6. The monoisotopic (exact) mass is 355 g/mol. The lowest BCUT2D eigenvalue weighted by molar-refractivity contribution is -0.330. The fourth-order valence-electron chi connectivity index (χ4n) is 1.68. The Bertz CT molecular complexity index is 670. The lowest BCUT2D eigenvalue weighted by Gasteiger charge is -2.28. The van der Waals surface area contributed by atoms with Crippen LogP contribution < -0.4 is 0 Å². The molecule has 1 aromatic heterocycles. The van der Waals surface area contributed by atoms with Crippen molar-refractivity contribution < 1.29 is 30.7 Å². The highest BCUT2D eigenvalue weighted by atomic mass is 32.2. The first kappa shape index (κ1) is 17.6. The fourth-order valence-corrected chi connectivity index (χ4v) is 2.65. The van der Waals surface area contributed by atoms with Gasteiger partial charge < -0.3 is 0 Å². The smallest absolute Gasteiger partial charge is 0.264 e. The Morgan fingerprint density at radius 2 is 1.48 bits per heavy atom. The zero-order valence-electron chi connectivity index (χ0n) is 11.1. The largest absolute Gasteiger partial charge is 0.460 e. The van der Waals surface area contributed by atoms with Crippen molar-refractivity contribution in [2.45, 2.75) is 22.2 Å². The molecule has 0 amide bonds. The normalized spacial score (nSPS) is 13.2. The maximum Gasteiger partial charge on any atom is 0.460 e. The van der Waals surface area contributed by atoms with E-state index in [4.69, 9.17) is 0 Å². The zero-order chi connectivity index (χ0) is 17.3. The third-order valence-electron chi connectivity index (χ3n) is 2.82. The van der Waals surface area contributed by atoms with Gasteiger partial charge in [0.2, 0.25) is 0 Å². The summed E-state index contributed by atoms with van der Waals surface area (Å²) in [5, 5.41) is -5.36. The number of halogens is 7. The molecule has 0 fully saturated rings. The van der Waals surface area contributed by atoms with Crippen molar-refractivity contribution in [3.63, 3.8) is 0 Å². The van der Waals surface area contributed by atoms with Gasteiger partial charge in [-0.25, -0.2) is 0 Å². The highest BCUT2D eigenvalue weighted by Crippen LogP contribution is 2.54. The van der Waals surface area contributed by atoms with E-state index >= 15 is 0 Å². The molecule has 0 saturated heterocycles. The van der Waals surface area contributed by atoms with Crippen LogP contribution in [0.2, 0.25) is 0 Å². The van der Waals surface area contributed by atoms with Crippen LogP contribution in [-0.4, -0.2) is 22.3 Å². The number of aromatic nitrogens is 1. The summed E-state index contributed by atoms with van der Waals surface area (Å²) >= 11 is -0.830. The van der Waals surface area contributed by atoms with E-state index in [0.29, 0.717) is 5.56 Å².